The van der Waals surface area contributed by atoms with Crippen LogP contribution in [0.4, 0.5) is 0 Å². The van der Waals surface area contributed by atoms with Gasteiger partial charge in [-0.05, 0) is 29.4 Å². The molecule has 2 unspecified atom stereocenters. The molecule has 1 N–H and O–H groups in total. The molecule has 0 radical (unpaired) electrons. The Morgan fingerprint density at radius 2 is 2.00 bits per heavy atom. The zero-order valence-electron chi connectivity index (χ0n) is 12.9. The summed E-state index contributed by atoms with van der Waals surface area (Å²) >= 11 is 0. The van der Waals surface area contributed by atoms with Gasteiger partial charge in [-0.3, -0.25) is 4.79 Å². The van der Waals surface area contributed by atoms with Crippen LogP contribution in [0.25, 0.3) is 0 Å². The Labute approximate surface area is 121 Å². The maximum absolute atomic E-state index is 12.8. The number of hydrogen-bond donors (Lipinski definition) is 1. The molecule has 0 aromatic heterocycles. The fourth-order valence-corrected chi connectivity index (χ4v) is 3.02. The zero-order valence-corrected chi connectivity index (χ0v) is 12.9. The number of likely N-dealkylation sites (tertiary alicyclic amines) is 1. The van der Waals surface area contributed by atoms with Crippen LogP contribution < -0.4 is 0 Å². The van der Waals surface area contributed by atoms with Gasteiger partial charge in [0.2, 0.25) is 0 Å². The van der Waals surface area contributed by atoms with Crippen molar-refractivity contribution in [3.63, 3.8) is 0 Å². The van der Waals surface area contributed by atoms with Crippen LogP contribution in [0.5, 0.6) is 0 Å². The fourth-order valence-electron chi connectivity index (χ4n) is 3.02. The lowest BCUT2D eigenvalue weighted by Gasteiger charge is -2.28. The molecule has 2 atom stereocenters. The van der Waals surface area contributed by atoms with Crippen LogP contribution in [0.15, 0.2) is 24.3 Å². The molecule has 3 nitrogen and oxygen atoms in total. The molecular weight excluding hydrogens is 250 g/mol. The Bertz CT molecular complexity index is 490. The van der Waals surface area contributed by atoms with E-state index < -0.39 is 0 Å². The second-order valence-electron chi connectivity index (χ2n) is 6.81. The molecule has 0 spiro atoms. The molecule has 1 aromatic carbocycles. The van der Waals surface area contributed by atoms with Crippen LogP contribution in [0.1, 0.15) is 50.0 Å². The van der Waals surface area contributed by atoms with Crippen molar-refractivity contribution in [3.8, 4) is 0 Å². The summed E-state index contributed by atoms with van der Waals surface area (Å²) in [7, 11) is 0. The van der Waals surface area contributed by atoms with Gasteiger partial charge in [-0.15, -0.1) is 0 Å². The smallest absolute Gasteiger partial charge is 0.254 e. The van der Waals surface area contributed by atoms with Crippen LogP contribution in [-0.2, 0) is 5.41 Å². The highest BCUT2D eigenvalue weighted by Gasteiger charge is 2.35. The molecule has 0 bridgehead atoms. The number of rotatable bonds is 2. The summed E-state index contributed by atoms with van der Waals surface area (Å²) in [5, 5.41) is 9.54. The lowest BCUT2D eigenvalue weighted by atomic mass is 9.83. The summed E-state index contributed by atoms with van der Waals surface area (Å²) in [6, 6.07) is 7.78. The Hall–Kier alpha value is -1.35. The third kappa shape index (κ3) is 2.73. The van der Waals surface area contributed by atoms with Crippen molar-refractivity contribution < 1.29 is 9.90 Å². The third-order valence-electron chi connectivity index (χ3n) is 4.30. The number of carbonyl (C=O) groups is 1. The first-order chi connectivity index (χ1) is 9.36. The van der Waals surface area contributed by atoms with Crippen molar-refractivity contribution >= 4 is 5.91 Å². The normalized spacial score (nSPS) is 23.1. The second-order valence-corrected chi connectivity index (χ2v) is 6.81. The first kappa shape index (κ1) is 15.0. The molecule has 110 valence electrons. The fraction of sp³-hybridized carbons (Fsp3) is 0.588. The Kier molecular flexibility index (Phi) is 4.19. The minimum Gasteiger partial charge on any atom is -0.394 e. The molecule has 0 aliphatic carbocycles. The molecule has 1 saturated heterocycles. The molecule has 20 heavy (non-hydrogen) atoms. The molecule has 1 amide bonds. The van der Waals surface area contributed by atoms with E-state index in [1.54, 1.807) is 0 Å². The van der Waals surface area contributed by atoms with Gasteiger partial charge in [-0.25, -0.2) is 0 Å². The predicted octanol–water partition coefficient (Wildman–Crippen LogP) is 2.83. The van der Waals surface area contributed by atoms with Gasteiger partial charge in [-0.2, -0.15) is 0 Å². The third-order valence-corrected chi connectivity index (χ3v) is 4.30. The van der Waals surface area contributed by atoms with E-state index >= 15 is 0 Å². The highest BCUT2D eigenvalue weighted by atomic mass is 16.3. The van der Waals surface area contributed by atoms with Crippen LogP contribution in [0.3, 0.4) is 0 Å². The quantitative estimate of drug-likeness (QED) is 0.901. The van der Waals surface area contributed by atoms with Gasteiger partial charge < -0.3 is 10.0 Å². The van der Waals surface area contributed by atoms with Gasteiger partial charge in [0.05, 0.1) is 12.6 Å². The summed E-state index contributed by atoms with van der Waals surface area (Å²) < 4.78 is 0. The van der Waals surface area contributed by atoms with E-state index in [9.17, 15) is 9.90 Å². The van der Waals surface area contributed by atoms with Crippen molar-refractivity contribution in [3.05, 3.63) is 35.4 Å². The average molecular weight is 275 g/mol. The molecule has 3 heteroatoms. The topological polar surface area (TPSA) is 40.5 Å². The predicted molar refractivity (Wildman–Crippen MR) is 80.8 cm³/mol. The maximum Gasteiger partial charge on any atom is 0.254 e. The monoisotopic (exact) mass is 275 g/mol. The first-order valence-corrected chi connectivity index (χ1v) is 7.37. The van der Waals surface area contributed by atoms with Crippen molar-refractivity contribution in [1.29, 1.82) is 0 Å². The van der Waals surface area contributed by atoms with E-state index in [0.717, 1.165) is 24.1 Å². The van der Waals surface area contributed by atoms with Crippen LogP contribution in [-0.4, -0.2) is 35.1 Å². The lowest BCUT2D eigenvalue weighted by molar-refractivity contribution is 0.0646. The van der Waals surface area contributed by atoms with Crippen molar-refractivity contribution in [1.82, 2.24) is 4.90 Å². The van der Waals surface area contributed by atoms with Gasteiger partial charge >= 0.3 is 0 Å². The van der Waals surface area contributed by atoms with Gasteiger partial charge in [0.25, 0.3) is 5.91 Å². The molecule has 1 aliphatic heterocycles. The minimum atomic E-state index is -0.0632. The van der Waals surface area contributed by atoms with Gasteiger partial charge in [0.15, 0.2) is 0 Å². The largest absolute Gasteiger partial charge is 0.394 e. The average Bonchev–Trinajstić information content (AvgIpc) is 2.78. The van der Waals surface area contributed by atoms with Gasteiger partial charge in [-0.1, -0.05) is 45.9 Å². The standard InChI is InChI=1S/C17H25NO2/c1-12-9-10-18(15(12)11-19)16(20)13-7-5-6-8-14(13)17(2,3)4/h5-8,12,15,19H,9-11H2,1-4H3. The SMILES string of the molecule is CC1CCN(C(=O)c2ccccc2C(C)(C)C)C1CO. The lowest BCUT2D eigenvalue weighted by Crippen LogP contribution is -2.40. The summed E-state index contributed by atoms with van der Waals surface area (Å²) in [6.07, 6.45) is 0.967. The van der Waals surface area contributed by atoms with Crippen LogP contribution >= 0.6 is 0 Å². The maximum atomic E-state index is 12.8. The van der Waals surface area contributed by atoms with E-state index in [-0.39, 0.29) is 24.0 Å². The van der Waals surface area contributed by atoms with Crippen molar-refractivity contribution in [2.45, 2.75) is 45.6 Å². The Morgan fingerprint density at radius 3 is 2.60 bits per heavy atom. The number of nitrogens with zero attached hydrogens (tertiary/aromatic N) is 1. The van der Waals surface area contributed by atoms with E-state index in [1.165, 1.54) is 0 Å². The van der Waals surface area contributed by atoms with E-state index in [4.69, 9.17) is 0 Å². The zero-order chi connectivity index (χ0) is 14.9. The van der Waals surface area contributed by atoms with Gasteiger partial charge in [0.1, 0.15) is 0 Å². The molecule has 1 fully saturated rings. The van der Waals surface area contributed by atoms with Gasteiger partial charge in [0, 0.05) is 12.1 Å². The molecule has 2 rings (SSSR count). The van der Waals surface area contributed by atoms with E-state index in [2.05, 4.69) is 27.7 Å². The molecule has 1 heterocycles. The first-order valence-electron chi connectivity index (χ1n) is 7.37. The summed E-state index contributed by atoms with van der Waals surface area (Å²) in [4.78, 5) is 14.7. The molecule has 1 aromatic rings. The number of benzene rings is 1. The Morgan fingerprint density at radius 1 is 1.35 bits per heavy atom. The second kappa shape index (κ2) is 5.57. The van der Waals surface area contributed by atoms with Crippen molar-refractivity contribution in [2.75, 3.05) is 13.2 Å². The highest BCUT2D eigenvalue weighted by molar-refractivity contribution is 5.96. The number of aliphatic hydroxyl groups is 1. The Balaban J connectivity index is 2.35. The van der Waals surface area contributed by atoms with Crippen LogP contribution in [0, 0.1) is 5.92 Å². The molecular formula is C17H25NO2. The number of aliphatic hydroxyl groups excluding tert-OH is 1. The molecule has 0 saturated carbocycles. The number of carbonyl (C=O) groups excluding carboxylic acids is 1. The van der Waals surface area contributed by atoms with E-state index in [1.807, 2.05) is 29.2 Å². The summed E-state index contributed by atoms with van der Waals surface area (Å²) in [6.45, 7) is 9.25. The number of hydrogen-bond acceptors (Lipinski definition) is 2. The molecule has 1 aliphatic rings. The number of amides is 1. The minimum absolute atomic E-state index is 0.0458. The van der Waals surface area contributed by atoms with E-state index in [0.29, 0.717) is 5.92 Å². The summed E-state index contributed by atoms with van der Waals surface area (Å²) in [5.41, 5.74) is 1.78. The van der Waals surface area contributed by atoms with Crippen LogP contribution in [0.2, 0.25) is 0 Å². The van der Waals surface area contributed by atoms with Crippen molar-refractivity contribution in [2.24, 2.45) is 5.92 Å². The highest BCUT2D eigenvalue weighted by Crippen LogP contribution is 2.30. The summed E-state index contributed by atoms with van der Waals surface area (Å²) in [5.74, 6) is 0.421.